The van der Waals surface area contributed by atoms with Gasteiger partial charge < -0.3 is 5.73 Å². The number of hydrogen-bond donors (Lipinski definition) is 1. The van der Waals surface area contributed by atoms with Gasteiger partial charge in [0, 0.05) is 17.7 Å². The molecule has 0 aliphatic heterocycles. The number of aromatic nitrogens is 3. The lowest BCUT2D eigenvalue weighted by molar-refractivity contribution is 0.944. The molecule has 88 valence electrons. The summed E-state index contributed by atoms with van der Waals surface area (Å²) in [5.74, 6) is 0.483. The molecule has 4 nitrogen and oxygen atoms in total. The molecule has 2 aromatic heterocycles. The molecule has 0 aliphatic carbocycles. The predicted octanol–water partition coefficient (Wildman–Crippen LogP) is 2.62. The van der Waals surface area contributed by atoms with Crippen LogP contribution < -0.4 is 5.73 Å². The Balaban J connectivity index is 2.34. The van der Waals surface area contributed by atoms with Crippen LogP contribution >= 0.6 is 0 Å². The Kier molecular flexibility index (Phi) is 2.34. The predicted molar refractivity (Wildman–Crippen MR) is 72.9 cm³/mol. The molecule has 18 heavy (non-hydrogen) atoms. The average molecular weight is 236 g/mol. The van der Waals surface area contributed by atoms with Crippen LogP contribution in [0.3, 0.4) is 0 Å². The number of fused-ring (bicyclic) bond motifs is 1. The Morgan fingerprint density at radius 3 is 2.67 bits per heavy atom. The van der Waals surface area contributed by atoms with E-state index in [0.29, 0.717) is 5.82 Å². The Hall–Kier alpha value is -2.62. The summed E-state index contributed by atoms with van der Waals surface area (Å²) in [5, 5.41) is 4.43. The van der Waals surface area contributed by atoms with Crippen LogP contribution in [0.5, 0.6) is 0 Å². The molecule has 4 heteroatoms. The van der Waals surface area contributed by atoms with E-state index in [1.807, 2.05) is 42.5 Å². The lowest BCUT2D eigenvalue weighted by atomic mass is 10.1. The normalized spacial score (nSPS) is 10.7. The van der Waals surface area contributed by atoms with Crippen molar-refractivity contribution in [2.45, 2.75) is 0 Å². The van der Waals surface area contributed by atoms with Crippen LogP contribution in [0.4, 0.5) is 5.82 Å². The van der Waals surface area contributed by atoms with Crippen LogP contribution in [0.2, 0.25) is 0 Å². The van der Waals surface area contributed by atoms with Crippen molar-refractivity contribution in [3.63, 3.8) is 0 Å². The van der Waals surface area contributed by atoms with E-state index in [9.17, 15) is 0 Å². The Bertz CT molecular complexity index is 713. The average Bonchev–Trinajstić information content (AvgIpc) is 2.81. The third-order valence-corrected chi connectivity index (χ3v) is 2.74. The number of nitrogens with two attached hydrogens (primary N) is 1. The van der Waals surface area contributed by atoms with Crippen molar-refractivity contribution in [1.82, 2.24) is 14.6 Å². The molecule has 0 aliphatic rings. The van der Waals surface area contributed by atoms with Crippen LogP contribution in [-0.4, -0.2) is 14.6 Å². The summed E-state index contributed by atoms with van der Waals surface area (Å²) in [5.41, 5.74) is 9.32. The van der Waals surface area contributed by atoms with Crippen molar-refractivity contribution in [3.8, 4) is 11.3 Å². The van der Waals surface area contributed by atoms with Crippen molar-refractivity contribution >= 4 is 17.5 Å². The molecule has 0 fully saturated rings. The molecule has 0 amide bonds. The first-order valence-corrected chi connectivity index (χ1v) is 5.62. The highest BCUT2D eigenvalue weighted by molar-refractivity contribution is 5.67. The highest BCUT2D eigenvalue weighted by Gasteiger charge is 2.08. The molecule has 0 saturated heterocycles. The fourth-order valence-corrected chi connectivity index (χ4v) is 1.93. The monoisotopic (exact) mass is 236 g/mol. The molecule has 0 unspecified atom stereocenters. The molecular weight excluding hydrogens is 224 g/mol. The molecule has 3 rings (SSSR count). The van der Waals surface area contributed by atoms with E-state index in [1.165, 1.54) is 0 Å². The number of rotatable bonds is 2. The zero-order valence-electron chi connectivity index (χ0n) is 9.74. The van der Waals surface area contributed by atoms with Gasteiger partial charge in [-0.05, 0) is 6.08 Å². The molecule has 0 atom stereocenters. The van der Waals surface area contributed by atoms with E-state index in [1.54, 1.807) is 10.6 Å². The number of nitrogens with zero attached hydrogens (tertiary/aromatic N) is 3. The fraction of sp³-hybridized carbons (Fsp3) is 0. The first kappa shape index (κ1) is 10.5. The van der Waals surface area contributed by atoms with Gasteiger partial charge in [-0.2, -0.15) is 5.10 Å². The standard InChI is InChI=1S/C14H12N4/c1-2-11-8-14-16-13(15)9-12(18(14)17-11)10-6-4-3-5-7-10/h2-9H,1H2,(H2,15,16). The van der Waals surface area contributed by atoms with E-state index in [-0.39, 0.29) is 0 Å². The summed E-state index contributed by atoms with van der Waals surface area (Å²) in [7, 11) is 0. The van der Waals surface area contributed by atoms with Crippen molar-refractivity contribution < 1.29 is 0 Å². The SMILES string of the molecule is C=Cc1cc2nc(N)cc(-c3ccccc3)n2n1. The molecule has 1 aromatic carbocycles. The molecule has 0 spiro atoms. The maximum absolute atomic E-state index is 5.83. The van der Waals surface area contributed by atoms with Gasteiger partial charge in [0.2, 0.25) is 0 Å². The van der Waals surface area contributed by atoms with Gasteiger partial charge in [0.05, 0.1) is 11.4 Å². The van der Waals surface area contributed by atoms with Crippen LogP contribution in [0.25, 0.3) is 23.0 Å². The van der Waals surface area contributed by atoms with Crippen LogP contribution in [0.1, 0.15) is 5.69 Å². The first-order chi connectivity index (χ1) is 8.78. The number of anilines is 1. The van der Waals surface area contributed by atoms with Gasteiger partial charge in [-0.3, -0.25) is 0 Å². The smallest absolute Gasteiger partial charge is 0.158 e. The molecule has 0 radical (unpaired) electrons. The summed E-state index contributed by atoms with van der Waals surface area (Å²) >= 11 is 0. The molecule has 0 saturated carbocycles. The Morgan fingerprint density at radius 2 is 1.94 bits per heavy atom. The number of hydrogen-bond acceptors (Lipinski definition) is 3. The third kappa shape index (κ3) is 1.64. The largest absolute Gasteiger partial charge is 0.384 e. The quantitative estimate of drug-likeness (QED) is 0.744. The fourth-order valence-electron chi connectivity index (χ4n) is 1.93. The minimum absolute atomic E-state index is 0.483. The van der Waals surface area contributed by atoms with E-state index in [2.05, 4.69) is 16.7 Å². The summed E-state index contributed by atoms with van der Waals surface area (Å²) < 4.78 is 1.78. The van der Waals surface area contributed by atoms with Gasteiger partial charge in [0.25, 0.3) is 0 Å². The van der Waals surface area contributed by atoms with Crippen LogP contribution in [0, 0.1) is 0 Å². The molecule has 0 bridgehead atoms. The summed E-state index contributed by atoms with van der Waals surface area (Å²) in [6.07, 6.45) is 1.69. The van der Waals surface area contributed by atoms with Crippen molar-refractivity contribution in [2.75, 3.05) is 5.73 Å². The maximum Gasteiger partial charge on any atom is 0.158 e. The zero-order chi connectivity index (χ0) is 12.5. The molecule has 3 aromatic rings. The second-order valence-corrected chi connectivity index (χ2v) is 3.98. The van der Waals surface area contributed by atoms with Gasteiger partial charge >= 0.3 is 0 Å². The third-order valence-electron chi connectivity index (χ3n) is 2.74. The van der Waals surface area contributed by atoms with E-state index in [0.717, 1.165) is 22.6 Å². The summed E-state index contributed by atoms with van der Waals surface area (Å²) in [4.78, 5) is 4.26. The van der Waals surface area contributed by atoms with Crippen LogP contribution in [0.15, 0.2) is 49.0 Å². The highest BCUT2D eigenvalue weighted by Crippen LogP contribution is 2.22. The van der Waals surface area contributed by atoms with E-state index in [4.69, 9.17) is 5.73 Å². The maximum atomic E-state index is 5.83. The van der Waals surface area contributed by atoms with E-state index < -0.39 is 0 Å². The van der Waals surface area contributed by atoms with Crippen LogP contribution in [-0.2, 0) is 0 Å². The minimum Gasteiger partial charge on any atom is -0.384 e. The van der Waals surface area contributed by atoms with Gasteiger partial charge in [0.15, 0.2) is 5.65 Å². The Morgan fingerprint density at radius 1 is 1.17 bits per heavy atom. The topological polar surface area (TPSA) is 56.2 Å². The number of nitrogen functional groups attached to an aromatic ring is 1. The second kappa shape index (κ2) is 4.00. The van der Waals surface area contributed by atoms with Gasteiger partial charge in [0.1, 0.15) is 5.82 Å². The van der Waals surface area contributed by atoms with Gasteiger partial charge in [-0.15, -0.1) is 0 Å². The molecule has 2 heterocycles. The summed E-state index contributed by atoms with van der Waals surface area (Å²) in [6, 6.07) is 13.7. The molecular formula is C14H12N4. The lowest BCUT2D eigenvalue weighted by Crippen LogP contribution is -1.99. The minimum atomic E-state index is 0.483. The molecule has 2 N–H and O–H groups in total. The second-order valence-electron chi connectivity index (χ2n) is 3.98. The lowest BCUT2D eigenvalue weighted by Gasteiger charge is -2.05. The zero-order valence-corrected chi connectivity index (χ0v) is 9.74. The van der Waals surface area contributed by atoms with Crippen molar-refractivity contribution in [2.24, 2.45) is 0 Å². The highest BCUT2D eigenvalue weighted by atomic mass is 15.3. The van der Waals surface area contributed by atoms with Gasteiger partial charge in [-0.25, -0.2) is 9.50 Å². The summed E-state index contributed by atoms with van der Waals surface area (Å²) in [6.45, 7) is 3.72. The van der Waals surface area contributed by atoms with E-state index >= 15 is 0 Å². The van der Waals surface area contributed by atoms with Crippen molar-refractivity contribution in [3.05, 3.63) is 54.7 Å². The number of benzene rings is 1. The van der Waals surface area contributed by atoms with Crippen molar-refractivity contribution in [1.29, 1.82) is 0 Å². The Labute approximate surface area is 104 Å². The van der Waals surface area contributed by atoms with Gasteiger partial charge in [-0.1, -0.05) is 36.9 Å². The first-order valence-electron chi connectivity index (χ1n) is 5.62.